The first-order valence-electron chi connectivity index (χ1n) is 10.1. The van der Waals surface area contributed by atoms with E-state index in [-0.39, 0.29) is 10.6 Å². The highest BCUT2D eigenvalue weighted by molar-refractivity contribution is 7.92. The number of nitro benzene ring substituents is 1. The summed E-state index contributed by atoms with van der Waals surface area (Å²) in [5, 5.41) is 15.6. The Morgan fingerprint density at radius 2 is 1.70 bits per heavy atom. The molecule has 3 aromatic carbocycles. The second-order valence-corrected chi connectivity index (χ2v) is 9.21. The van der Waals surface area contributed by atoms with Gasteiger partial charge in [-0.1, -0.05) is 54.1 Å². The van der Waals surface area contributed by atoms with Gasteiger partial charge in [0, 0.05) is 6.07 Å². The molecule has 8 nitrogen and oxygen atoms in total. The van der Waals surface area contributed by atoms with Gasteiger partial charge in [0.2, 0.25) is 0 Å². The summed E-state index contributed by atoms with van der Waals surface area (Å²) < 4.78 is 28.1. The highest BCUT2D eigenvalue weighted by atomic mass is 32.2. The average Bonchev–Trinajstić information content (AvgIpc) is 2.76. The van der Waals surface area contributed by atoms with Gasteiger partial charge < -0.3 is 0 Å². The molecule has 0 aliphatic carbocycles. The lowest BCUT2D eigenvalue weighted by Crippen LogP contribution is -2.14. The summed E-state index contributed by atoms with van der Waals surface area (Å²) in [6.07, 6.45) is 3.44. The molecule has 170 valence electrons. The number of nitro groups is 1. The molecule has 0 aliphatic rings. The summed E-state index contributed by atoms with van der Waals surface area (Å²) in [4.78, 5) is 10.7. The van der Waals surface area contributed by atoms with Crippen LogP contribution in [0.5, 0.6) is 0 Å². The van der Waals surface area contributed by atoms with E-state index >= 15 is 0 Å². The van der Waals surface area contributed by atoms with Crippen molar-refractivity contribution in [3.05, 3.63) is 99.1 Å². The zero-order valence-electron chi connectivity index (χ0n) is 18.4. The third-order valence-electron chi connectivity index (χ3n) is 4.75. The molecule has 0 saturated carbocycles. The molecule has 3 aromatic rings. The first kappa shape index (κ1) is 23.7. The zero-order valence-corrected chi connectivity index (χ0v) is 19.3. The molecule has 33 heavy (non-hydrogen) atoms. The van der Waals surface area contributed by atoms with Crippen LogP contribution in [0.4, 0.5) is 17.1 Å². The largest absolute Gasteiger partial charge is 0.295 e. The van der Waals surface area contributed by atoms with Crippen molar-refractivity contribution in [3.8, 4) is 0 Å². The van der Waals surface area contributed by atoms with E-state index in [4.69, 9.17) is 0 Å². The molecular formula is C24H24N4O4S. The molecule has 2 N–H and O–H groups in total. The number of rotatable bonds is 8. The van der Waals surface area contributed by atoms with Crippen molar-refractivity contribution in [2.75, 3.05) is 10.1 Å². The summed E-state index contributed by atoms with van der Waals surface area (Å²) in [7, 11) is -4.02. The number of hydrazone groups is 1. The number of hydrogen-bond acceptors (Lipinski definition) is 6. The molecule has 0 atom stereocenters. The molecule has 0 bridgehead atoms. The first-order chi connectivity index (χ1) is 15.7. The fourth-order valence-electron chi connectivity index (χ4n) is 3.11. The Kier molecular flexibility index (Phi) is 7.24. The maximum absolute atomic E-state index is 12.8. The van der Waals surface area contributed by atoms with Crippen molar-refractivity contribution in [1.82, 2.24) is 0 Å². The zero-order chi connectivity index (χ0) is 24.0. The molecule has 3 rings (SSSR count). The van der Waals surface area contributed by atoms with Gasteiger partial charge in [-0.15, -0.1) is 0 Å². The normalized spacial score (nSPS) is 12.0. The van der Waals surface area contributed by atoms with Gasteiger partial charge in [-0.3, -0.25) is 20.3 Å². The van der Waals surface area contributed by atoms with Gasteiger partial charge >= 0.3 is 0 Å². The van der Waals surface area contributed by atoms with E-state index < -0.39 is 20.6 Å². The monoisotopic (exact) mass is 464 g/mol. The van der Waals surface area contributed by atoms with Gasteiger partial charge in [-0.25, -0.2) is 8.42 Å². The van der Waals surface area contributed by atoms with Crippen LogP contribution in [-0.4, -0.2) is 19.6 Å². The molecule has 0 spiro atoms. The lowest BCUT2D eigenvalue weighted by Gasteiger charge is -2.12. The number of aryl methyl sites for hydroxylation is 2. The second-order valence-electron chi connectivity index (χ2n) is 7.53. The van der Waals surface area contributed by atoms with E-state index in [1.807, 2.05) is 56.3 Å². The minimum atomic E-state index is -4.02. The molecule has 9 heteroatoms. The lowest BCUT2D eigenvalue weighted by molar-refractivity contribution is -0.384. The second kappa shape index (κ2) is 10.1. The van der Waals surface area contributed by atoms with Gasteiger partial charge in [0.25, 0.3) is 15.7 Å². The van der Waals surface area contributed by atoms with Gasteiger partial charge in [0.05, 0.1) is 21.7 Å². The summed E-state index contributed by atoms with van der Waals surface area (Å²) in [5.41, 5.74) is 6.29. The molecule has 0 saturated heterocycles. The maximum atomic E-state index is 12.8. The standard InChI is InChI=1S/C24H24N4O4S/c1-17-9-11-22(19(3)13-17)27-33(31,32)21-10-12-23(24(15-21)28(29)30)26-25-16-18(2)14-20-7-5-4-6-8-20/h4-16,26-27H,1-3H3. The van der Waals surface area contributed by atoms with Crippen LogP contribution in [0.1, 0.15) is 23.6 Å². The summed E-state index contributed by atoms with van der Waals surface area (Å²) in [5.74, 6) is 0. The Morgan fingerprint density at radius 1 is 1.00 bits per heavy atom. The van der Waals surface area contributed by atoms with Crippen LogP contribution in [0.3, 0.4) is 0 Å². The van der Waals surface area contributed by atoms with E-state index in [0.29, 0.717) is 5.69 Å². The van der Waals surface area contributed by atoms with Crippen LogP contribution in [-0.2, 0) is 10.0 Å². The van der Waals surface area contributed by atoms with Gasteiger partial charge in [-0.2, -0.15) is 5.10 Å². The van der Waals surface area contributed by atoms with Crippen molar-refractivity contribution in [2.45, 2.75) is 25.7 Å². The number of allylic oxidation sites excluding steroid dienone is 1. The van der Waals surface area contributed by atoms with E-state index in [2.05, 4.69) is 15.2 Å². The Balaban J connectivity index is 1.81. The number of benzene rings is 3. The number of nitrogens with one attached hydrogen (secondary N) is 2. The number of anilines is 2. The molecule has 0 amide bonds. The van der Waals surface area contributed by atoms with Crippen LogP contribution in [0.15, 0.2) is 82.3 Å². The quantitative estimate of drug-likeness (QED) is 0.259. The fraction of sp³-hybridized carbons (Fsp3) is 0.125. The smallest absolute Gasteiger partial charge is 0.279 e. The summed E-state index contributed by atoms with van der Waals surface area (Å²) in [6.45, 7) is 5.54. The Bertz CT molecular complexity index is 1330. The summed E-state index contributed by atoms with van der Waals surface area (Å²) >= 11 is 0. The molecule has 0 fully saturated rings. The highest BCUT2D eigenvalue weighted by Crippen LogP contribution is 2.29. The van der Waals surface area contributed by atoms with Crippen molar-refractivity contribution >= 4 is 39.4 Å². The fourth-order valence-corrected chi connectivity index (χ4v) is 4.26. The predicted octanol–water partition coefficient (Wildman–Crippen LogP) is 5.51. The van der Waals surface area contributed by atoms with E-state index in [1.54, 1.807) is 19.1 Å². The molecule has 0 aromatic heterocycles. The van der Waals surface area contributed by atoms with Gasteiger partial charge in [0.1, 0.15) is 5.69 Å². The predicted molar refractivity (Wildman–Crippen MR) is 132 cm³/mol. The maximum Gasteiger partial charge on any atom is 0.295 e. The lowest BCUT2D eigenvalue weighted by atomic mass is 10.1. The van der Waals surface area contributed by atoms with Crippen molar-refractivity contribution < 1.29 is 13.3 Å². The van der Waals surface area contributed by atoms with Crippen LogP contribution < -0.4 is 10.1 Å². The van der Waals surface area contributed by atoms with Gasteiger partial charge in [0.15, 0.2) is 0 Å². The van der Waals surface area contributed by atoms with Crippen LogP contribution in [0.25, 0.3) is 6.08 Å². The number of hydrogen-bond donors (Lipinski definition) is 2. The average molecular weight is 465 g/mol. The van der Waals surface area contributed by atoms with Crippen molar-refractivity contribution in [3.63, 3.8) is 0 Å². The first-order valence-corrected chi connectivity index (χ1v) is 11.5. The van der Waals surface area contributed by atoms with Crippen molar-refractivity contribution in [1.29, 1.82) is 0 Å². The highest BCUT2D eigenvalue weighted by Gasteiger charge is 2.22. The minimum Gasteiger partial charge on any atom is -0.279 e. The molecule has 0 heterocycles. The van der Waals surface area contributed by atoms with E-state index in [1.165, 1.54) is 18.3 Å². The molecule has 0 radical (unpaired) electrons. The van der Waals surface area contributed by atoms with Crippen LogP contribution in [0, 0.1) is 24.0 Å². The number of nitrogens with zero attached hydrogens (tertiary/aromatic N) is 2. The van der Waals surface area contributed by atoms with E-state index in [0.717, 1.165) is 28.3 Å². The van der Waals surface area contributed by atoms with Crippen molar-refractivity contribution in [2.24, 2.45) is 5.10 Å². The van der Waals surface area contributed by atoms with Gasteiger partial charge in [-0.05, 0) is 55.7 Å². The Hall–Kier alpha value is -3.98. The Morgan fingerprint density at radius 3 is 2.36 bits per heavy atom. The van der Waals surface area contributed by atoms with Crippen LogP contribution in [0.2, 0.25) is 0 Å². The molecule has 0 unspecified atom stereocenters. The minimum absolute atomic E-state index is 0.0780. The SMILES string of the molecule is CC(C=NNc1ccc(S(=O)(=O)Nc2ccc(C)cc2C)cc1[N+](=O)[O-])=Cc1ccccc1. The van der Waals surface area contributed by atoms with Crippen LogP contribution >= 0.6 is 0 Å². The number of sulfonamides is 1. The Labute approximate surface area is 192 Å². The van der Waals surface area contributed by atoms with E-state index in [9.17, 15) is 18.5 Å². The third-order valence-corrected chi connectivity index (χ3v) is 6.11. The molecular weight excluding hydrogens is 440 g/mol. The summed E-state index contributed by atoms with van der Waals surface area (Å²) in [6, 6.07) is 18.6. The molecule has 0 aliphatic heterocycles. The third kappa shape index (κ3) is 6.27. The topological polar surface area (TPSA) is 114 Å².